The molecule has 1 atom stereocenters. The number of hydrogen-bond acceptors (Lipinski definition) is 6. The highest BCUT2D eigenvalue weighted by atomic mass is 16.6. The van der Waals surface area contributed by atoms with Crippen LogP contribution in [0, 0.1) is 0 Å². The van der Waals surface area contributed by atoms with Crippen LogP contribution in [0.1, 0.15) is 239 Å². The van der Waals surface area contributed by atoms with Gasteiger partial charge in [0.05, 0.1) is 0 Å². The maximum absolute atomic E-state index is 12.8. The van der Waals surface area contributed by atoms with Crippen molar-refractivity contribution in [2.24, 2.45) is 0 Å². The molecule has 0 aromatic rings. The number of esters is 3. The molecule has 0 saturated carbocycles. The molecule has 0 aliphatic heterocycles. The molecule has 0 spiro atoms. The number of allylic oxidation sites excluding steroid dienone is 12. The van der Waals surface area contributed by atoms with Gasteiger partial charge in [-0.1, -0.05) is 196 Å². The summed E-state index contributed by atoms with van der Waals surface area (Å²) in [5.74, 6) is -0.977. The van der Waals surface area contributed by atoms with E-state index in [2.05, 4.69) is 93.7 Å². The van der Waals surface area contributed by atoms with Gasteiger partial charge in [0.25, 0.3) is 0 Å². The van der Waals surface area contributed by atoms with Crippen LogP contribution in [0.4, 0.5) is 0 Å². The number of carbonyl (C=O) groups is 3. The van der Waals surface area contributed by atoms with Crippen molar-refractivity contribution in [3.05, 3.63) is 72.9 Å². The smallest absolute Gasteiger partial charge is 0.306 e. The van der Waals surface area contributed by atoms with Gasteiger partial charge in [-0.3, -0.25) is 14.4 Å². The minimum Gasteiger partial charge on any atom is -0.462 e. The Labute approximate surface area is 376 Å². The van der Waals surface area contributed by atoms with E-state index in [1.165, 1.54) is 116 Å². The van der Waals surface area contributed by atoms with E-state index < -0.39 is 6.10 Å². The molecule has 0 aliphatic carbocycles. The lowest BCUT2D eigenvalue weighted by Gasteiger charge is -2.18. The average Bonchev–Trinajstić information content (AvgIpc) is 3.26. The molecule has 0 rings (SSSR count). The standard InChI is InChI=1S/C55H94O6/c1-4-7-10-13-16-19-22-25-27-30-32-35-38-41-44-47-53(56)59-50-52(61-55(58)49-46-43-40-37-34-29-24-21-18-15-12-9-6-3)51-60-54(57)48-45-42-39-36-33-31-28-26-23-20-17-14-11-8-5-2/h16-17,19-20,25-28,32-33,35-36,52H,4-15,18,21-24,29-31,34,37-51H2,1-3H3/b19-16-,20-17+,27-25+,28-26-,35-32+,36-33+. The third kappa shape index (κ3) is 47.7. The molecule has 6 nitrogen and oxygen atoms in total. The zero-order valence-corrected chi connectivity index (χ0v) is 39.9. The zero-order chi connectivity index (χ0) is 44.4. The molecule has 1 unspecified atom stereocenters. The van der Waals surface area contributed by atoms with Crippen LogP contribution in [0.3, 0.4) is 0 Å². The molecule has 0 amide bonds. The Balaban J connectivity index is 4.50. The number of hydrogen-bond donors (Lipinski definition) is 0. The van der Waals surface area contributed by atoms with Crippen molar-refractivity contribution >= 4 is 17.9 Å². The third-order valence-corrected chi connectivity index (χ3v) is 10.7. The molecule has 0 aromatic carbocycles. The van der Waals surface area contributed by atoms with Crippen molar-refractivity contribution in [3.8, 4) is 0 Å². The fourth-order valence-electron chi connectivity index (χ4n) is 6.81. The molecule has 0 aromatic heterocycles. The van der Waals surface area contributed by atoms with Crippen molar-refractivity contribution < 1.29 is 28.6 Å². The topological polar surface area (TPSA) is 78.9 Å². The molecule has 0 bridgehead atoms. The molecule has 0 fully saturated rings. The van der Waals surface area contributed by atoms with Gasteiger partial charge in [0.2, 0.25) is 0 Å². The predicted octanol–water partition coefficient (Wildman–Crippen LogP) is 16.6. The molecule has 0 saturated heterocycles. The van der Waals surface area contributed by atoms with Gasteiger partial charge >= 0.3 is 17.9 Å². The summed E-state index contributed by atoms with van der Waals surface area (Å²) in [4.78, 5) is 37.9. The highest BCUT2D eigenvalue weighted by Gasteiger charge is 2.19. The van der Waals surface area contributed by atoms with E-state index in [0.29, 0.717) is 19.3 Å². The highest BCUT2D eigenvalue weighted by Crippen LogP contribution is 2.14. The number of carbonyl (C=O) groups excluding carboxylic acids is 3. The summed E-state index contributed by atoms with van der Waals surface area (Å²) in [6.45, 7) is 6.51. The molecular weight excluding hydrogens is 757 g/mol. The first-order chi connectivity index (χ1) is 30.0. The second-order valence-electron chi connectivity index (χ2n) is 16.7. The van der Waals surface area contributed by atoms with Crippen molar-refractivity contribution in [3.63, 3.8) is 0 Å². The largest absolute Gasteiger partial charge is 0.462 e. The fraction of sp³-hybridized carbons (Fsp3) is 0.727. The lowest BCUT2D eigenvalue weighted by Crippen LogP contribution is -2.30. The van der Waals surface area contributed by atoms with E-state index in [9.17, 15) is 14.4 Å². The van der Waals surface area contributed by atoms with Gasteiger partial charge in [0.1, 0.15) is 13.2 Å². The molecule has 0 radical (unpaired) electrons. The molecular formula is C55H94O6. The zero-order valence-electron chi connectivity index (χ0n) is 39.9. The van der Waals surface area contributed by atoms with Crippen molar-refractivity contribution in [2.45, 2.75) is 245 Å². The van der Waals surface area contributed by atoms with Crippen LogP contribution in [0.15, 0.2) is 72.9 Å². The van der Waals surface area contributed by atoms with Gasteiger partial charge in [0, 0.05) is 19.3 Å². The van der Waals surface area contributed by atoms with Gasteiger partial charge in [-0.2, -0.15) is 0 Å². The minimum atomic E-state index is -0.803. The average molecular weight is 851 g/mol. The second-order valence-corrected chi connectivity index (χ2v) is 16.7. The molecule has 61 heavy (non-hydrogen) atoms. The van der Waals surface area contributed by atoms with E-state index in [4.69, 9.17) is 14.2 Å². The van der Waals surface area contributed by atoms with Gasteiger partial charge < -0.3 is 14.2 Å². The number of unbranched alkanes of at least 4 members (excludes halogenated alkanes) is 22. The van der Waals surface area contributed by atoms with E-state index in [0.717, 1.165) is 83.5 Å². The van der Waals surface area contributed by atoms with Crippen LogP contribution < -0.4 is 0 Å². The van der Waals surface area contributed by atoms with Crippen LogP contribution in [-0.2, 0) is 28.6 Å². The summed E-state index contributed by atoms with van der Waals surface area (Å²) in [6, 6.07) is 0. The number of rotatable bonds is 45. The van der Waals surface area contributed by atoms with Gasteiger partial charge in [0.15, 0.2) is 6.10 Å². The van der Waals surface area contributed by atoms with E-state index >= 15 is 0 Å². The lowest BCUT2D eigenvalue weighted by molar-refractivity contribution is -0.167. The van der Waals surface area contributed by atoms with Gasteiger partial charge in [-0.15, -0.1) is 0 Å². The second kappa shape index (κ2) is 49.5. The van der Waals surface area contributed by atoms with E-state index in [-0.39, 0.29) is 31.1 Å². The fourth-order valence-corrected chi connectivity index (χ4v) is 6.81. The van der Waals surface area contributed by atoms with Crippen molar-refractivity contribution in [2.75, 3.05) is 13.2 Å². The Morgan fingerprint density at radius 2 is 0.590 bits per heavy atom. The van der Waals surface area contributed by atoms with Crippen LogP contribution >= 0.6 is 0 Å². The number of ether oxygens (including phenoxy) is 3. The van der Waals surface area contributed by atoms with Crippen LogP contribution in [0.5, 0.6) is 0 Å². The summed E-state index contributed by atoms with van der Waals surface area (Å²) in [6.07, 6.45) is 61.7. The molecule has 0 N–H and O–H groups in total. The van der Waals surface area contributed by atoms with Crippen LogP contribution in [0.25, 0.3) is 0 Å². The van der Waals surface area contributed by atoms with Crippen LogP contribution in [-0.4, -0.2) is 37.2 Å². The first-order valence-corrected chi connectivity index (χ1v) is 25.4. The van der Waals surface area contributed by atoms with E-state index in [1.54, 1.807) is 0 Å². The first-order valence-electron chi connectivity index (χ1n) is 25.4. The van der Waals surface area contributed by atoms with Gasteiger partial charge in [-0.05, 0) is 96.3 Å². The summed E-state index contributed by atoms with van der Waals surface area (Å²) >= 11 is 0. The monoisotopic (exact) mass is 851 g/mol. The Hall–Kier alpha value is -3.15. The summed E-state index contributed by atoms with van der Waals surface area (Å²) < 4.78 is 16.7. The summed E-state index contributed by atoms with van der Waals surface area (Å²) in [5, 5.41) is 0. The van der Waals surface area contributed by atoms with E-state index in [1.807, 2.05) is 0 Å². The quantitative estimate of drug-likeness (QED) is 0.0263. The van der Waals surface area contributed by atoms with Gasteiger partial charge in [-0.25, -0.2) is 0 Å². The lowest BCUT2D eigenvalue weighted by atomic mass is 10.0. The Morgan fingerprint density at radius 1 is 0.328 bits per heavy atom. The minimum absolute atomic E-state index is 0.106. The predicted molar refractivity (Wildman–Crippen MR) is 261 cm³/mol. The van der Waals surface area contributed by atoms with Crippen LogP contribution in [0.2, 0.25) is 0 Å². The first kappa shape index (κ1) is 57.9. The summed E-state index contributed by atoms with van der Waals surface area (Å²) in [7, 11) is 0. The van der Waals surface area contributed by atoms with Crippen molar-refractivity contribution in [1.29, 1.82) is 0 Å². The maximum Gasteiger partial charge on any atom is 0.306 e. The third-order valence-electron chi connectivity index (χ3n) is 10.7. The normalized spacial score (nSPS) is 12.6. The Kier molecular flexibility index (Phi) is 46.9. The van der Waals surface area contributed by atoms with Crippen molar-refractivity contribution in [1.82, 2.24) is 0 Å². The summed E-state index contributed by atoms with van der Waals surface area (Å²) in [5.41, 5.74) is 0. The molecule has 0 heterocycles. The molecule has 6 heteroatoms. The highest BCUT2D eigenvalue weighted by molar-refractivity contribution is 5.71. The maximum atomic E-state index is 12.8. The Morgan fingerprint density at radius 3 is 0.951 bits per heavy atom. The molecule has 350 valence electrons. The molecule has 0 aliphatic rings. The Bertz CT molecular complexity index is 1090. The SMILES string of the molecule is CCCCC/C=C\C/C=C/C/C=C/CCCCC(=O)OCC(COC(=O)CCCC/C=C/C/C=C\C/C=C/CCCCC)OC(=O)CCCCCCCCCCCCCCC.